The lowest BCUT2D eigenvalue weighted by Crippen LogP contribution is -2.09. The molecule has 0 bridgehead atoms. The van der Waals surface area contributed by atoms with Crippen LogP contribution in [0.4, 0.5) is 5.69 Å². The number of nitrogens with zero attached hydrogens (tertiary/aromatic N) is 1. The number of rotatable bonds is 2. The summed E-state index contributed by atoms with van der Waals surface area (Å²) in [4.78, 5) is 11.8. The fourth-order valence-corrected chi connectivity index (χ4v) is 2.22. The van der Waals surface area contributed by atoms with Gasteiger partial charge in [0.1, 0.15) is 11.4 Å². The van der Waals surface area contributed by atoms with Crippen LogP contribution in [-0.4, -0.2) is 17.3 Å². The molecular formula is C15H13N3O2. The molecule has 0 aliphatic heterocycles. The van der Waals surface area contributed by atoms with Gasteiger partial charge in [-0.15, -0.1) is 0 Å². The fraction of sp³-hybridized carbons (Fsp3) is 0.0667. The van der Waals surface area contributed by atoms with Crippen molar-refractivity contribution in [3.05, 3.63) is 52.8 Å². The van der Waals surface area contributed by atoms with Gasteiger partial charge in [0, 0.05) is 22.7 Å². The van der Waals surface area contributed by atoms with Crippen LogP contribution in [-0.2, 0) is 0 Å². The number of aromatic amines is 1. The van der Waals surface area contributed by atoms with Gasteiger partial charge in [0.2, 0.25) is 0 Å². The number of ether oxygens (including phenoxy) is 1. The van der Waals surface area contributed by atoms with Gasteiger partial charge in [0.05, 0.1) is 12.5 Å². The molecule has 0 saturated carbocycles. The second kappa shape index (κ2) is 4.70. The van der Waals surface area contributed by atoms with Crippen LogP contribution in [0.2, 0.25) is 0 Å². The Morgan fingerprint density at radius 3 is 2.65 bits per heavy atom. The lowest BCUT2D eigenvalue weighted by atomic mass is 10.0. The van der Waals surface area contributed by atoms with Gasteiger partial charge < -0.3 is 10.5 Å². The Balaban J connectivity index is 2.36. The van der Waals surface area contributed by atoms with Gasteiger partial charge in [-0.05, 0) is 18.2 Å². The number of H-pyrrole nitrogens is 1. The first kappa shape index (κ1) is 12.2. The van der Waals surface area contributed by atoms with Gasteiger partial charge in [0.25, 0.3) is 5.56 Å². The van der Waals surface area contributed by atoms with E-state index >= 15 is 0 Å². The predicted octanol–water partition coefficient (Wildman–Crippen LogP) is 2.18. The summed E-state index contributed by atoms with van der Waals surface area (Å²) >= 11 is 0. The normalized spacial score (nSPS) is 10.7. The molecule has 0 aliphatic rings. The summed E-state index contributed by atoms with van der Waals surface area (Å²) in [5.74, 6) is 0.620. The average molecular weight is 267 g/mol. The van der Waals surface area contributed by atoms with Crippen LogP contribution in [0, 0.1) is 0 Å². The molecule has 20 heavy (non-hydrogen) atoms. The molecule has 0 radical (unpaired) electrons. The van der Waals surface area contributed by atoms with E-state index in [1.165, 1.54) is 0 Å². The summed E-state index contributed by atoms with van der Waals surface area (Å²) in [7, 11) is 1.58. The maximum Gasteiger partial charge on any atom is 0.272 e. The zero-order chi connectivity index (χ0) is 14.1. The Bertz CT molecular complexity index is 840. The highest BCUT2D eigenvalue weighted by atomic mass is 16.5. The Labute approximate surface area is 115 Å². The minimum atomic E-state index is -0.209. The molecule has 0 fully saturated rings. The summed E-state index contributed by atoms with van der Waals surface area (Å²) in [6.07, 6.45) is 0. The lowest BCUT2D eigenvalue weighted by Gasteiger charge is -2.10. The van der Waals surface area contributed by atoms with Crippen molar-refractivity contribution >= 4 is 16.5 Å². The van der Waals surface area contributed by atoms with Crippen molar-refractivity contribution in [2.45, 2.75) is 0 Å². The minimum absolute atomic E-state index is 0.209. The van der Waals surface area contributed by atoms with Gasteiger partial charge in [0.15, 0.2) is 0 Å². The smallest absolute Gasteiger partial charge is 0.272 e. The van der Waals surface area contributed by atoms with E-state index < -0.39 is 0 Å². The second-order valence-electron chi connectivity index (χ2n) is 4.41. The van der Waals surface area contributed by atoms with E-state index in [4.69, 9.17) is 10.5 Å². The van der Waals surface area contributed by atoms with E-state index in [0.29, 0.717) is 22.5 Å². The van der Waals surface area contributed by atoms with Gasteiger partial charge in [-0.2, -0.15) is 5.10 Å². The van der Waals surface area contributed by atoms with Crippen LogP contribution in [0.1, 0.15) is 0 Å². The van der Waals surface area contributed by atoms with E-state index in [2.05, 4.69) is 10.2 Å². The number of anilines is 1. The molecule has 3 aromatic rings. The van der Waals surface area contributed by atoms with E-state index in [-0.39, 0.29) is 5.56 Å². The highest BCUT2D eigenvalue weighted by molar-refractivity contribution is 5.95. The van der Waals surface area contributed by atoms with Crippen molar-refractivity contribution in [2.75, 3.05) is 12.8 Å². The highest BCUT2D eigenvalue weighted by Crippen LogP contribution is 2.33. The number of nitrogen functional groups attached to an aromatic ring is 1. The first-order chi connectivity index (χ1) is 9.70. The average Bonchev–Trinajstić information content (AvgIpc) is 2.48. The molecule has 0 unspecified atom stereocenters. The second-order valence-corrected chi connectivity index (χ2v) is 4.41. The number of aromatic nitrogens is 2. The Morgan fingerprint density at radius 2 is 1.90 bits per heavy atom. The first-order valence-corrected chi connectivity index (χ1v) is 6.12. The number of fused-ring (bicyclic) bond motifs is 1. The number of benzene rings is 2. The summed E-state index contributed by atoms with van der Waals surface area (Å²) in [5, 5.41) is 8.04. The Kier molecular flexibility index (Phi) is 2.87. The van der Waals surface area contributed by atoms with Crippen molar-refractivity contribution in [2.24, 2.45) is 0 Å². The number of nitrogens with two attached hydrogens (primary N) is 1. The summed E-state index contributed by atoms with van der Waals surface area (Å²) < 4.78 is 5.35. The minimum Gasteiger partial charge on any atom is -0.496 e. The molecule has 2 aromatic carbocycles. The summed E-state index contributed by atoms with van der Waals surface area (Å²) in [5.41, 5.74) is 7.61. The van der Waals surface area contributed by atoms with E-state index in [1.54, 1.807) is 25.3 Å². The largest absolute Gasteiger partial charge is 0.496 e. The third-order valence-corrected chi connectivity index (χ3v) is 3.18. The third-order valence-electron chi connectivity index (χ3n) is 3.18. The van der Waals surface area contributed by atoms with Gasteiger partial charge in [-0.3, -0.25) is 4.79 Å². The molecule has 3 rings (SSSR count). The van der Waals surface area contributed by atoms with Crippen LogP contribution in [0.3, 0.4) is 0 Å². The molecule has 0 spiro atoms. The molecule has 0 atom stereocenters. The van der Waals surface area contributed by atoms with Gasteiger partial charge >= 0.3 is 0 Å². The quantitative estimate of drug-likeness (QED) is 0.697. The van der Waals surface area contributed by atoms with Crippen LogP contribution in [0.15, 0.2) is 47.3 Å². The Morgan fingerprint density at radius 1 is 1.15 bits per heavy atom. The summed E-state index contributed by atoms with van der Waals surface area (Å²) in [6, 6.07) is 12.7. The number of nitrogens with one attached hydrogen (secondary N) is 1. The van der Waals surface area contributed by atoms with Gasteiger partial charge in [-0.25, -0.2) is 5.10 Å². The maximum atomic E-state index is 11.8. The zero-order valence-corrected chi connectivity index (χ0v) is 10.9. The molecule has 100 valence electrons. The van der Waals surface area contributed by atoms with E-state index in [0.717, 1.165) is 10.9 Å². The van der Waals surface area contributed by atoms with Crippen LogP contribution in [0.5, 0.6) is 5.75 Å². The van der Waals surface area contributed by atoms with Crippen molar-refractivity contribution < 1.29 is 4.74 Å². The third kappa shape index (κ3) is 1.89. The zero-order valence-electron chi connectivity index (χ0n) is 10.9. The molecule has 0 aliphatic carbocycles. The standard InChI is InChI=1S/C15H13N3O2/c1-20-13-8-9(16)6-7-12(13)14-10-4-2-3-5-11(10)15(19)18-17-14/h2-8H,16H2,1H3,(H,18,19). The Hall–Kier alpha value is -2.82. The first-order valence-electron chi connectivity index (χ1n) is 6.12. The van der Waals surface area contributed by atoms with Crippen LogP contribution < -0.4 is 16.0 Å². The topological polar surface area (TPSA) is 81.0 Å². The molecule has 5 nitrogen and oxygen atoms in total. The SMILES string of the molecule is COc1cc(N)ccc1-c1n[nH]c(=O)c2ccccc12. The maximum absolute atomic E-state index is 11.8. The number of hydrogen-bond acceptors (Lipinski definition) is 4. The van der Waals surface area contributed by atoms with E-state index in [9.17, 15) is 4.79 Å². The molecule has 5 heteroatoms. The number of hydrogen-bond donors (Lipinski definition) is 2. The van der Waals surface area contributed by atoms with Crippen molar-refractivity contribution in [1.29, 1.82) is 0 Å². The predicted molar refractivity (Wildman–Crippen MR) is 78.8 cm³/mol. The molecule has 1 aromatic heterocycles. The molecular weight excluding hydrogens is 254 g/mol. The lowest BCUT2D eigenvalue weighted by molar-refractivity contribution is 0.416. The van der Waals surface area contributed by atoms with Gasteiger partial charge in [-0.1, -0.05) is 18.2 Å². The monoisotopic (exact) mass is 267 g/mol. The molecule has 0 amide bonds. The fourth-order valence-electron chi connectivity index (χ4n) is 2.22. The van der Waals surface area contributed by atoms with Crippen molar-refractivity contribution in [1.82, 2.24) is 10.2 Å². The summed E-state index contributed by atoms with van der Waals surface area (Å²) in [6.45, 7) is 0. The van der Waals surface area contributed by atoms with E-state index in [1.807, 2.05) is 24.3 Å². The van der Waals surface area contributed by atoms with Crippen molar-refractivity contribution in [3.63, 3.8) is 0 Å². The van der Waals surface area contributed by atoms with Crippen molar-refractivity contribution in [3.8, 4) is 17.0 Å². The highest BCUT2D eigenvalue weighted by Gasteiger charge is 2.12. The van der Waals surface area contributed by atoms with Crippen LogP contribution in [0.25, 0.3) is 22.0 Å². The van der Waals surface area contributed by atoms with Crippen LogP contribution >= 0.6 is 0 Å². The molecule has 0 saturated heterocycles. The molecule has 3 N–H and O–H groups in total. The number of methoxy groups -OCH3 is 1. The molecule has 1 heterocycles.